The second-order valence-corrected chi connectivity index (χ2v) is 9.17. The maximum absolute atomic E-state index is 13.4. The lowest BCUT2D eigenvalue weighted by Gasteiger charge is -2.35. The molecule has 0 bridgehead atoms. The Labute approximate surface area is 206 Å². The van der Waals surface area contributed by atoms with Gasteiger partial charge in [0.05, 0.1) is 6.54 Å². The van der Waals surface area contributed by atoms with Crippen molar-refractivity contribution >= 4 is 23.1 Å². The van der Waals surface area contributed by atoms with E-state index in [2.05, 4.69) is 27.1 Å². The van der Waals surface area contributed by atoms with E-state index in [-0.39, 0.29) is 0 Å². The third kappa shape index (κ3) is 4.87. The Hall–Kier alpha value is -3.82. The summed E-state index contributed by atoms with van der Waals surface area (Å²) in [5, 5.41) is 2.82. The first-order valence-electron chi connectivity index (χ1n) is 12.3. The minimum Gasteiger partial charge on any atom is -0.369 e. The normalized spacial score (nSPS) is 15.8. The Kier molecular flexibility index (Phi) is 6.69. The number of amides is 1. The van der Waals surface area contributed by atoms with Gasteiger partial charge >= 0.3 is 0 Å². The van der Waals surface area contributed by atoms with Crippen LogP contribution in [0.2, 0.25) is 0 Å². The molecule has 1 fully saturated rings. The number of carbonyl (C=O) groups is 2. The van der Waals surface area contributed by atoms with Crippen molar-refractivity contribution in [1.82, 2.24) is 9.47 Å². The minimum atomic E-state index is -0.607. The number of rotatable bonds is 6. The highest BCUT2D eigenvalue weighted by Crippen LogP contribution is 2.31. The fourth-order valence-corrected chi connectivity index (χ4v) is 5.07. The number of benzene rings is 2. The lowest BCUT2D eigenvalue weighted by molar-refractivity contribution is -0.112. The second kappa shape index (κ2) is 10.2. The van der Waals surface area contributed by atoms with Gasteiger partial charge in [0.2, 0.25) is 0 Å². The minimum absolute atomic E-state index is 0.491. The van der Waals surface area contributed by atoms with Crippen LogP contribution in [-0.4, -0.2) is 53.9 Å². The van der Waals surface area contributed by atoms with E-state index in [0.29, 0.717) is 17.9 Å². The van der Waals surface area contributed by atoms with E-state index in [1.165, 1.54) is 0 Å². The molecule has 2 aliphatic heterocycles. The van der Waals surface area contributed by atoms with Gasteiger partial charge in [-0.2, -0.15) is 0 Å². The number of nitrogens with zero attached hydrogens (tertiary/aromatic N) is 3. The van der Waals surface area contributed by atoms with Gasteiger partial charge in [-0.25, -0.2) is 0 Å². The van der Waals surface area contributed by atoms with E-state index >= 15 is 0 Å². The van der Waals surface area contributed by atoms with Crippen LogP contribution in [0.5, 0.6) is 0 Å². The molecule has 0 aliphatic carbocycles. The fourth-order valence-electron chi connectivity index (χ4n) is 5.07. The zero-order valence-electron chi connectivity index (χ0n) is 19.9. The number of aryl methyl sites for hydroxylation is 1. The number of Topliss-reactive ketones (excluding diaryl/α,β-unsaturated/α-hetero) is 1. The number of aromatic nitrogens is 1. The van der Waals surface area contributed by atoms with Crippen LogP contribution in [0.4, 0.5) is 11.4 Å². The smallest absolute Gasteiger partial charge is 0.298 e. The van der Waals surface area contributed by atoms with Gasteiger partial charge in [-0.05, 0) is 55.2 Å². The maximum atomic E-state index is 13.4. The number of carbonyl (C=O) groups excluding carboxylic acids is 2. The maximum Gasteiger partial charge on any atom is 0.298 e. The van der Waals surface area contributed by atoms with Crippen LogP contribution >= 0.6 is 0 Å². The van der Waals surface area contributed by atoms with Crippen LogP contribution in [-0.2, 0) is 17.8 Å². The summed E-state index contributed by atoms with van der Waals surface area (Å²) in [4.78, 5) is 31.0. The molecule has 2 aliphatic rings. The predicted octanol–water partition coefficient (Wildman–Crippen LogP) is 4.07. The molecule has 3 heterocycles. The molecule has 1 N–H and O–H groups in total. The number of piperazine rings is 1. The van der Waals surface area contributed by atoms with Crippen LogP contribution in [0.25, 0.3) is 11.1 Å². The Morgan fingerprint density at radius 1 is 0.914 bits per heavy atom. The number of hydrogen-bond donors (Lipinski definition) is 1. The van der Waals surface area contributed by atoms with Crippen molar-refractivity contribution in [3.8, 4) is 23.5 Å². The molecule has 35 heavy (non-hydrogen) atoms. The average molecular weight is 467 g/mol. The molecule has 1 aromatic heterocycles. The van der Waals surface area contributed by atoms with Crippen LogP contribution in [0.3, 0.4) is 0 Å². The van der Waals surface area contributed by atoms with Gasteiger partial charge in [0.1, 0.15) is 5.69 Å². The number of anilines is 2. The van der Waals surface area contributed by atoms with E-state index in [0.717, 1.165) is 74.5 Å². The molecule has 2 aromatic carbocycles. The number of terminal acetylenes is 1. The third-order valence-electron chi connectivity index (χ3n) is 6.93. The van der Waals surface area contributed by atoms with Gasteiger partial charge in [-0.3, -0.25) is 14.5 Å². The first kappa shape index (κ1) is 22.9. The molecule has 3 aromatic rings. The molecule has 0 atom stereocenters. The van der Waals surface area contributed by atoms with Crippen molar-refractivity contribution in [2.45, 2.75) is 25.8 Å². The number of ketones is 1. The monoisotopic (exact) mass is 466 g/mol. The second-order valence-electron chi connectivity index (χ2n) is 9.17. The molecule has 1 saturated heterocycles. The average Bonchev–Trinajstić information content (AvgIpc) is 3.29. The van der Waals surface area contributed by atoms with Crippen molar-refractivity contribution in [2.24, 2.45) is 0 Å². The lowest BCUT2D eigenvalue weighted by Crippen LogP contribution is -2.46. The molecule has 5 rings (SSSR count). The molecular weight excluding hydrogens is 436 g/mol. The summed E-state index contributed by atoms with van der Waals surface area (Å²) in [6, 6.07) is 19.6. The Morgan fingerprint density at radius 2 is 1.66 bits per heavy atom. The molecule has 6 heteroatoms. The molecule has 0 unspecified atom stereocenters. The Balaban J connectivity index is 1.31. The quantitative estimate of drug-likeness (QED) is 0.338. The van der Waals surface area contributed by atoms with Gasteiger partial charge in [-0.1, -0.05) is 36.3 Å². The zero-order valence-corrected chi connectivity index (χ0v) is 19.9. The first-order chi connectivity index (χ1) is 17.1. The van der Waals surface area contributed by atoms with Gasteiger partial charge in [0, 0.05) is 55.4 Å². The summed E-state index contributed by atoms with van der Waals surface area (Å²) >= 11 is 0. The van der Waals surface area contributed by atoms with Crippen molar-refractivity contribution in [1.29, 1.82) is 0 Å². The molecule has 178 valence electrons. The van der Waals surface area contributed by atoms with Crippen molar-refractivity contribution in [3.05, 3.63) is 72.1 Å². The topological polar surface area (TPSA) is 57.6 Å². The van der Waals surface area contributed by atoms with Gasteiger partial charge in [0.15, 0.2) is 0 Å². The molecule has 0 spiro atoms. The predicted molar refractivity (Wildman–Crippen MR) is 140 cm³/mol. The molecule has 0 radical (unpaired) electrons. The molecule has 0 saturated carbocycles. The third-order valence-corrected chi connectivity index (χ3v) is 6.93. The van der Waals surface area contributed by atoms with E-state index in [1.54, 1.807) is 0 Å². The van der Waals surface area contributed by atoms with Crippen LogP contribution in [0.15, 0.2) is 60.7 Å². The highest BCUT2D eigenvalue weighted by Gasteiger charge is 2.28. The summed E-state index contributed by atoms with van der Waals surface area (Å²) in [6.45, 7) is 5.13. The summed E-state index contributed by atoms with van der Waals surface area (Å²) in [5.74, 6) is 1.60. The molecule has 1 amide bonds. The molecular formula is C29H30N4O2. The van der Waals surface area contributed by atoms with Crippen molar-refractivity contribution in [2.75, 3.05) is 42.9 Å². The lowest BCUT2D eigenvalue weighted by atomic mass is 10.0. The largest absolute Gasteiger partial charge is 0.369 e. The highest BCUT2D eigenvalue weighted by molar-refractivity contribution is 6.47. The number of hydrogen-bond acceptors (Lipinski definition) is 4. The van der Waals surface area contributed by atoms with Crippen LogP contribution in [0, 0.1) is 12.3 Å². The van der Waals surface area contributed by atoms with Gasteiger partial charge in [0.25, 0.3) is 11.7 Å². The number of fused-ring (bicyclic) bond motifs is 1. The fraction of sp³-hybridized carbons (Fsp3) is 0.310. The van der Waals surface area contributed by atoms with E-state index < -0.39 is 11.7 Å². The van der Waals surface area contributed by atoms with Crippen molar-refractivity contribution in [3.63, 3.8) is 0 Å². The van der Waals surface area contributed by atoms with E-state index in [9.17, 15) is 9.59 Å². The van der Waals surface area contributed by atoms with Gasteiger partial charge < -0.3 is 14.8 Å². The summed E-state index contributed by atoms with van der Waals surface area (Å²) in [7, 11) is 0. The SMILES string of the molecule is C#CCN1CCN(c2ccc(NC(=O)C(=O)c3c(-c4ccccc4)cc4n3CCCC4)cc2)CC1. The summed E-state index contributed by atoms with van der Waals surface area (Å²) in [5.41, 5.74) is 5.12. The summed E-state index contributed by atoms with van der Waals surface area (Å²) < 4.78 is 2.04. The van der Waals surface area contributed by atoms with Crippen molar-refractivity contribution < 1.29 is 9.59 Å². The van der Waals surface area contributed by atoms with E-state index in [1.807, 2.05) is 59.2 Å². The first-order valence-corrected chi connectivity index (χ1v) is 12.3. The van der Waals surface area contributed by atoms with Gasteiger partial charge in [-0.15, -0.1) is 6.42 Å². The number of nitrogens with one attached hydrogen (secondary N) is 1. The van der Waals surface area contributed by atoms with Crippen LogP contribution in [0.1, 0.15) is 29.0 Å². The molecule has 6 nitrogen and oxygen atoms in total. The summed E-state index contributed by atoms with van der Waals surface area (Å²) in [6.07, 6.45) is 8.45. The Morgan fingerprint density at radius 3 is 2.37 bits per heavy atom. The van der Waals surface area contributed by atoms with E-state index in [4.69, 9.17) is 6.42 Å². The van der Waals surface area contributed by atoms with Crippen LogP contribution < -0.4 is 10.2 Å². The Bertz CT molecular complexity index is 1250. The highest BCUT2D eigenvalue weighted by atomic mass is 16.2. The zero-order chi connectivity index (χ0) is 24.2. The standard InChI is InChI=1S/C29H30N4O2/c1-2-15-31-17-19-32(20-18-31)24-13-11-23(12-14-24)30-29(35)28(34)27-26(22-8-4-3-5-9-22)21-25-10-6-7-16-33(25)27/h1,3-5,8-9,11-14,21H,6-7,10,15-20H2,(H,30,35).